The van der Waals surface area contributed by atoms with Gasteiger partial charge in [0.2, 0.25) is 0 Å². The van der Waals surface area contributed by atoms with Crippen LogP contribution >= 0.6 is 0 Å². The largest absolute Gasteiger partial charge is 0.491 e. The maximum Gasteiger partial charge on any atom is 0.142 e. The molecule has 3 nitrogen and oxygen atoms in total. The Morgan fingerprint density at radius 2 is 1.65 bits per heavy atom. The van der Waals surface area contributed by atoms with Crippen molar-refractivity contribution < 1.29 is 4.74 Å². The molecule has 0 aliphatic carbocycles. The number of rotatable bonds is 9. The Labute approximate surface area is 124 Å². The van der Waals surface area contributed by atoms with Crippen molar-refractivity contribution in [3.05, 3.63) is 24.3 Å². The minimum absolute atomic E-state index is 0.708. The summed E-state index contributed by atoms with van der Waals surface area (Å²) >= 11 is 0. The molecular formula is C17H30N2O. The summed E-state index contributed by atoms with van der Waals surface area (Å²) in [4.78, 5) is 2.53. The highest BCUT2D eigenvalue weighted by Gasteiger charge is 2.09. The predicted molar refractivity (Wildman–Crippen MR) is 87.1 cm³/mol. The van der Waals surface area contributed by atoms with Crippen LogP contribution in [0.3, 0.4) is 0 Å². The molecular weight excluding hydrogens is 248 g/mol. The summed E-state index contributed by atoms with van der Waals surface area (Å²) in [6.45, 7) is 13.2. The zero-order valence-electron chi connectivity index (χ0n) is 13.4. The first-order chi connectivity index (χ1) is 9.49. The van der Waals surface area contributed by atoms with Crippen LogP contribution in [0.2, 0.25) is 0 Å². The van der Waals surface area contributed by atoms with Crippen molar-refractivity contribution in [1.82, 2.24) is 4.90 Å². The monoisotopic (exact) mass is 278 g/mol. The van der Waals surface area contributed by atoms with Gasteiger partial charge in [-0.05, 0) is 30.4 Å². The molecule has 0 radical (unpaired) electrons. The molecule has 20 heavy (non-hydrogen) atoms. The van der Waals surface area contributed by atoms with E-state index in [9.17, 15) is 0 Å². The minimum atomic E-state index is 0.708. The van der Waals surface area contributed by atoms with Gasteiger partial charge in [0.1, 0.15) is 5.75 Å². The van der Waals surface area contributed by atoms with Crippen LogP contribution < -0.4 is 10.5 Å². The van der Waals surface area contributed by atoms with E-state index in [1.807, 2.05) is 24.3 Å². The topological polar surface area (TPSA) is 38.5 Å². The van der Waals surface area contributed by atoms with E-state index in [0.29, 0.717) is 17.5 Å². The van der Waals surface area contributed by atoms with Crippen LogP contribution in [-0.4, -0.2) is 31.1 Å². The standard InChI is InChI=1S/C17H30N2O/c1-14(2)12-19(13-15(3)4)10-7-11-20-17-9-6-5-8-16(17)18/h5-6,8-9,14-15H,7,10-13,18H2,1-4H3. The first-order valence-electron chi connectivity index (χ1n) is 7.68. The summed E-state index contributed by atoms with van der Waals surface area (Å²) in [5.41, 5.74) is 6.58. The van der Waals surface area contributed by atoms with Gasteiger partial charge in [0, 0.05) is 19.6 Å². The van der Waals surface area contributed by atoms with Crippen LogP contribution in [-0.2, 0) is 0 Å². The molecule has 1 rings (SSSR count). The molecule has 0 fully saturated rings. The molecule has 0 heterocycles. The molecule has 0 amide bonds. The fourth-order valence-electron chi connectivity index (χ4n) is 2.37. The Morgan fingerprint density at radius 3 is 2.20 bits per heavy atom. The molecule has 0 unspecified atom stereocenters. The molecule has 0 aliphatic rings. The van der Waals surface area contributed by atoms with E-state index in [2.05, 4.69) is 32.6 Å². The van der Waals surface area contributed by atoms with Crippen LogP contribution in [0.25, 0.3) is 0 Å². The molecule has 0 aromatic heterocycles. The SMILES string of the molecule is CC(C)CN(CCCOc1ccccc1N)CC(C)C. The predicted octanol–water partition coefficient (Wildman–Crippen LogP) is 3.65. The van der Waals surface area contributed by atoms with Gasteiger partial charge in [-0.25, -0.2) is 0 Å². The fourth-order valence-corrected chi connectivity index (χ4v) is 2.37. The molecule has 0 spiro atoms. The molecule has 1 aromatic rings. The van der Waals surface area contributed by atoms with Crippen molar-refractivity contribution >= 4 is 5.69 Å². The first-order valence-corrected chi connectivity index (χ1v) is 7.68. The number of hydrogen-bond acceptors (Lipinski definition) is 3. The molecule has 1 aromatic carbocycles. The van der Waals surface area contributed by atoms with E-state index in [1.165, 1.54) is 0 Å². The van der Waals surface area contributed by atoms with Gasteiger partial charge in [0.05, 0.1) is 12.3 Å². The Kier molecular flexibility index (Phi) is 7.45. The third-order valence-electron chi connectivity index (χ3n) is 3.04. The number of hydrogen-bond donors (Lipinski definition) is 1. The highest BCUT2D eigenvalue weighted by atomic mass is 16.5. The van der Waals surface area contributed by atoms with Gasteiger partial charge in [-0.2, -0.15) is 0 Å². The number of nitrogens with zero attached hydrogens (tertiary/aromatic N) is 1. The lowest BCUT2D eigenvalue weighted by Gasteiger charge is -2.26. The first kappa shape index (κ1) is 16.8. The van der Waals surface area contributed by atoms with Crippen LogP contribution in [0.5, 0.6) is 5.75 Å². The van der Waals surface area contributed by atoms with Crippen molar-refractivity contribution in [2.45, 2.75) is 34.1 Å². The van der Waals surface area contributed by atoms with Crippen LogP contribution in [0.15, 0.2) is 24.3 Å². The molecule has 0 saturated carbocycles. The third kappa shape index (κ3) is 6.80. The zero-order chi connectivity index (χ0) is 15.0. The fraction of sp³-hybridized carbons (Fsp3) is 0.647. The van der Waals surface area contributed by atoms with Gasteiger partial charge in [0.25, 0.3) is 0 Å². The highest BCUT2D eigenvalue weighted by Crippen LogP contribution is 2.19. The van der Waals surface area contributed by atoms with Crippen molar-refractivity contribution in [1.29, 1.82) is 0 Å². The smallest absolute Gasteiger partial charge is 0.142 e. The van der Waals surface area contributed by atoms with Crippen molar-refractivity contribution in [3.8, 4) is 5.75 Å². The van der Waals surface area contributed by atoms with Gasteiger partial charge < -0.3 is 15.4 Å². The van der Waals surface area contributed by atoms with Crippen molar-refractivity contribution in [3.63, 3.8) is 0 Å². The Morgan fingerprint density at radius 1 is 1.05 bits per heavy atom. The minimum Gasteiger partial charge on any atom is -0.491 e. The van der Waals surface area contributed by atoms with Crippen LogP contribution in [0.1, 0.15) is 34.1 Å². The molecule has 0 atom stereocenters. The van der Waals surface area contributed by atoms with Gasteiger partial charge in [-0.3, -0.25) is 0 Å². The Balaban J connectivity index is 2.31. The maximum absolute atomic E-state index is 5.86. The molecule has 3 heteroatoms. The third-order valence-corrected chi connectivity index (χ3v) is 3.04. The second-order valence-electron chi connectivity index (χ2n) is 6.29. The van der Waals surface area contributed by atoms with Crippen LogP contribution in [0, 0.1) is 11.8 Å². The van der Waals surface area contributed by atoms with E-state index in [-0.39, 0.29) is 0 Å². The van der Waals surface area contributed by atoms with E-state index in [1.54, 1.807) is 0 Å². The summed E-state index contributed by atoms with van der Waals surface area (Å²) in [5.74, 6) is 2.21. The number of para-hydroxylation sites is 2. The van der Waals surface area contributed by atoms with E-state index < -0.39 is 0 Å². The average molecular weight is 278 g/mol. The maximum atomic E-state index is 5.86. The van der Waals surface area contributed by atoms with Crippen molar-refractivity contribution in [2.24, 2.45) is 11.8 Å². The van der Waals surface area contributed by atoms with Gasteiger partial charge in [0.15, 0.2) is 0 Å². The lowest BCUT2D eigenvalue weighted by Crippen LogP contribution is -2.33. The highest BCUT2D eigenvalue weighted by molar-refractivity contribution is 5.51. The second-order valence-corrected chi connectivity index (χ2v) is 6.29. The van der Waals surface area contributed by atoms with Crippen molar-refractivity contribution in [2.75, 3.05) is 32.0 Å². The van der Waals surface area contributed by atoms with E-state index >= 15 is 0 Å². The number of anilines is 1. The molecule has 0 aliphatic heterocycles. The quantitative estimate of drug-likeness (QED) is 0.553. The Bertz CT molecular complexity index is 367. The summed E-state index contributed by atoms with van der Waals surface area (Å²) in [5, 5.41) is 0. The lowest BCUT2D eigenvalue weighted by atomic mass is 10.1. The number of benzene rings is 1. The summed E-state index contributed by atoms with van der Waals surface area (Å²) in [7, 11) is 0. The zero-order valence-corrected chi connectivity index (χ0v) is 13.4. The summed E-state index contributed by atoms with van der Waals surface area (Å²) < 4.78 is 5.75. The van der Waals surface area contributed by atoms with Gasteiger partial charge in [-0.1, -0.05) is 39.8 Å². The van der Waals surface area contributed by atoms with Gasteiger partial charge >= 0.3 is 0 Å². The molecule has 0 bridgehead atoms. The molecule has 114 valence electrons. The normalized spacial score (nSPS) is 11.6. The molecule has 0 saturated heterocycles. The lowest BCUT2D eigenvalue weighted by molar-refractivity contribution is 0.198. The number of ether oxygens (including phenoxy) is 1. The van der Waals surface area contributed by atoms with Gasteiger partial charge in [-0.15, -0.1) is 0 Å². The molecule has 2 N–H and O–H groups in total. The summed E-state index contributed by atoms with van der Waals surface area (Å²) in [6.07, 6.45) is 1.04. The Hall–Kier alpha value is -1.22. The number of nitrogens with two attached hydrogens (primary N) is 1. The average Bonchev–Trinajstić information content (AvgIpc) is 2.35. The summed E-state index contributed by atoms with van der Waals surface area (Å²) in [6, 6.07) is 7.68. The van der Waals surface area contributed by atoms with Crippen LogP contribution in [0.4, 0.5) is 5.69 Å². The van der Waals surface area contributed by atoms with E-state index in [0.717, 1.165) is 38.4 Å². The number of nitrogen functional groups attached to an aromatic ring is 1. The van der Waals surface area contributed by atoms with E-state index in [4.69, 9.17) is 10.5 Å². The second kappa shape index (κ2) is 8.85.